The third-order valence-electron chi connectivity index (χ3n) is 3.12. The highest BCUT2D eigenvalue weighted by Gasteiger charge is 2.33. The molecule has 6 heteroatoms. The van der Waals surface area contributed by atoms with E-state index in [0.29, 0.717) is 13.0 Å². The zero-order valence-electron chi connectivity index (χ0n) is 10.3. The van der Waals surface area contributed by atoms with Gasteiger partial charge in [-0.3, -0.25) is 4.79 Å². The maximum atomic E-state index is 12.1. The maximum Gasteiger partial charge on any atom is 0.326 e. The standard InChI is InChI=1S/C12H16N2O3S/c1-2-8-7-18-10(13-8)6-11(15)14-5-3-4-9(14)12(16)17/h7,9H,2-6H2,1H3,(H,16,17)/t9-/m1/s1. The van der Waals surface area contributed by atoms with Crippen LogP contribution in [0, 0.1) is 0 Å². The summed E-state index contributed by atoms with van der Waals surface area (Å²) in [6.07, 6.45) is 2.39. The Morgan fingerprint density at radius 2 is 2.39 bits per heavy atom. The lowest BCUT2D eigenvalue weighted by Gasteiger charge is -2.20. The van der Waals surface area contributed by atoms with Gasteiger partial charge in [0.25, 0.3) is 0 Å². The Labute approximate surface area is 109 Å². The van der Waals surface area contributed by atoms with Crippen LogP contribution in [0.3, 0.4) is 0 Å². The lowest BCUT2D eigenvalue weighted by molar-refractivity contribution is -0.148. The first kappa shape index (κ1) is 13.0. The van der Waals surface area contributed by atoms with E-state index in [4.69, 9.17) is 5.11 Å². The van der Waals surface area contributed by atoms with Crippen molar-refractivity contribution in [2.24, 2.45) is 0 Å². The summed E-state index contributed by atoms with van der Waals surface area (Å²) in [5.74, 6) is -1.04. The fraction of sp³-hybridized carbons (Fsp3) is 0.583. The molecule has 2 heterocycles. The number of carbonyl (C=O) groups is 2. The molecule has 1 amide bonds. The first-order valence-electron chi connectivity index (χ1n) is 6.07. The predicted octanol–water partition coefficient (Wildman–Crippen LogP) is 1.32. The number of rotatable bonds is 4. The van der Waals surface area contributed by atoms with Crippen LogP contribution < -0.4 is 0 Å². The Kier molecular flexibility index (Phi) is 3.96. The van der Waals surface area contributed by atoms with Crippen molar-refractivity contribution in [3.05, 3.63) is 16.1 Å². The normalized spacial score (nSPS) is 19.2. The van der Waals surface area contributed by atoms with Crippen molar-refractivity contribution in [2.75, 3.05) is 6.54 Å². The number of aliphatic carboxylic acids is 1. The van der Waals surface area contributed by atoms with E-state index < -0.39 is 12.0 Å². The molecule has 1 aliphatic heterocycles. The number of carboxylic acid groups (broad SMARTS) is 1. The Bertz CT molecular complexity index is 458. The Morgan fingerprint density at radius 1 is 1.61 bits per heavy atom. The summed E-state index contributed by atoms with van der Waals surface area (Å²) in [4.78, 5) is 28.9. The molecule has 0 radical (unpaired) electrons. The van der Waals surface area contributed by atoms with Gasteiger partial charge in [0.05, 0.1) is 12.1 Å². The number of hydrogen-bond donors (Lipinski definition) is 1. The molecule has 0 spiro atoms. The van der Waals surface area contributed by atoms with Gasteiger partial charge in [0.1, 0.15) is 11.0 Å². The number of carbonyl (C=O) groups excluding carboxylic acids is 1. The van der Waals surface area contributed by atoms with Crippen LogP contribution in [-0.4, -0.2) is 39.5 Å². The topological polar surface area (TPSA) is 70.5 Å². The lowest BCUT2D eigenvalue weighted by atomic mass is 10.2. The van der Waals surface area contributed by atoms with Gasteiger partial charge >= 0.3 is 5.97 Å². The molecule has 1 atom stereocenters. The molecule has 0 saturated carbocycles. The van der Waals surface area contributed by atoms with Crippen LogP contribution in [0.4, 0.5) is 0 Å². The van der Waals surface area contributed by atoms with Crippen molar-refractivity contribution >= 4 is 23.2 Å². The van der Waals surface area contributed by atoms with Crippen molar-refractivity contribution in [1.29, 1.82) is 0 Å². The van der Waals surface area contributed by atoms with Crippen LogP contribution in [0.25, 0.3) is 0 Å². The Morgan fingerprint density at radius 3 is 3.00 bits per heavy atom. The maximum absolute atomic E-state index is 12.1. The first-order chi connectivity index (χ1) is 8.61. The molecular formula is C12H16N2O3S. The number of amides is 1. The molecule has 1 aliphatic rings. The fourth-order valence-corrected chi connectivity index (χ4v) is 3.01. The van der Waals surface area contributed by atoms with Gasteiger partial charge in [-0.25, -0.2) is 9.78 Å². The number of carboxylic acids is 1. The molecule has 18 heavy (non-hydrogen) atoms. The molecule has 1 fully saturated rings. The van der Waals surface area contributed by atoms with E-state index in [-0.39, 0.29) is 12.3 Å². The highest BCUT2D eigenvalue weighted by molar-refractivity contribution is 7.09. The van der Waals surface area contributed by atoms with Crippen molar-refractivity contribution in [1.82, 2.24) is 9.88 Å². The molecule has 2 rings (SSSR count). The number of aryl methyl sites for hydroxylation is 1. The largest absolute Gasteiger partial charge is 0.480 e. The van der Waals surface area contributed by atoms with Crippen LogP contribution in [-0.2, 0) is 22.4 Å². The predicted molar refractivity (Wildman–Crippen MR) is 67.6 cm³/mol. The summed E-state index contributed by atoms with van der Waals surface area (Å²) >= 11 is 1.46. The number of hydrogen-bond acceptors (Lipinski definition) is 4. The Hall–Kier alpha value is -1.43. The second-order valence-corrected chi connectivity index (χ2v) is 5.29. The highest BCUT2D eigenvalue weighted by Crippen LogP contribution is 2.20. The Balaban J connectivity index is 2.01. The van der Waals surface area contributed by atoms with Crippen LogP contribution in [0.2, 0.25) is 0 Å². The molecule has 1 N–H and O–H groups in total. The zero-order chi connectivity index (χ0) is 13.1. The van der Waals surface area contributed by atoms with Gasteiger partial charge in [-0.1, -0.05) is 6.92 Å². The van der Waals surface area contributed by atoms with Gasteiger partial charge in [0, 0.05) is 11.9 Å². The van der Waals surface area contributed by atoms with E-state index in [1.54, 1.807) is 0 Å². The second-order valence-electron chi connectivity index (χ2n) is 4.35. The molecule has 1 aromatic heterocycles. The van der Waals surface area contributed by atoms with Gasteiger partial charge < -0.3 is 10.0 Å². The van der Waals surface area contributed by atoms with Gasteiger partial charge in [-0.05, 0) is 19.3 Å². The highest BCUT2D eigenvalue weighted by atomic mass is 32.1. The monoisotopic (exact) mass is 268 g/mol. The average molecular weight is 268 g/mol. The summed E-state index contributed by atoms with van der Waals surface area (Å²) < 4.78 is 0. The van der Waals surface area contributed by atoms with Gasteiger partial charge in [-0.15, -0.1) is 11.3 Å². The molecule has 0 unspecified atom stereocenters. The van der Waals surface area contributed by atoms with Crippen molar-refractivity contribution in [3.63, 3.8) is 0 Å². The van der Waals surface area contributed by atoms with Crippen LogP contribution in [0.5, 0.6) is 0 Å². The molecule has 1 saturated heterocycles. The molecule has 5 nitrogen and oxygen atoms in total. The molecule has 98 valence electrons. The summed E-state index contributed by atoms with van der Waals surface area (Å²) in [6, 6.07) is -0.650. The molecule has 1 aromatic rings. The summed E-state index contributed by atoms with van der Waals surface area (Å²) in [5.41, 5.74) is 0.985. The third-order valence-corrected chi connectivity index (χ3v) is 4.02. The minimum atomic E-state index is -0.908. The van der Waals surface area contributed by atoms with E-state index in [9.17, 15) is 9.59 Å². The van der Waals surface area contributed by atoms with Crippen molar-refractivity contribution in [3.8, 4) is 0 Å². The van der Waals surface area contributed by atoms with Crippen LogP contribution >= 0.6 is 11.3 Å². The second kappa shape index (κ2) is 5.48. The average Bonchev–Trinajstić information content (AvgIpc) is 2.96. The molecule has 0 bridgehead atoms. The molecule has 0 aromatic carbocycles. The fourth-order valence-electron chi connectivity index (χ4n) is 2.15. The van der Waals surface area contributed by atoms with Gasteiger partial charge in [-0.2, -0.15) is 0 Å². The number of thiazole rings is 1. The van der Waals surface area contributed by atoms with E-state index in [2.05, 4.69) is 4.98 Å². The molecule has 0 aliphatic carbocycles. The van der Waals surface area contributed by atoms with Gasteiger partial charge in [0.15, 0.2) is 0 Å². The van der Waals surface area contributed by atoms with Gasteiger partial charge in [0.2, 0.25) is 5.91 Å². The summed E-state index contributed by atoms with van der Waals surface area (Å²) in [6.45, 7) is 2.56. The SMILES string of the molecule is CCc1csc(CC(=O)N2CCC[C@@H]2C(=O)O)n1. The zero-order valence-corrected chi connectivity index (χ0v) is 11.1. The summed E-state index contributed by atoms with van der Waals surface area (Å²) in [5, 5.41) is 11.8. The summed E-state index contributed by atoms with van der Waals surface area (Å²) in [7, 11) is 0. The number of aromatic nitrogens is 1. The van der Waals surface area contributed by atoms with E-state index in [1.165, 1.54) is 16.2 Å². The smallest absolute Gasteiger partial charge is 0.326 e. The minimum Gasteiger partial charge on any atom is -0.480 e. The van der Waals surface area contributed by atoms with E-state index >= 15 is 0 Å². The van der Waals surface area contributed by atoms with Crippen LogP contribution in [0.1, 0.15) is 30.5 Å². The molecular weight excluding hydrogens is 252 g/mol. The van der Waals surface area contributed by atoms with Crippen LogP contribution in [0.15, 0.2) is 5.38 Å². The van der Waals surface area contributed by atoms with Crippen molar-refractivity contribution < 1.29 is 14.7 Å². The quantitative estimate of drug-likeness (QED) is 0.894. The third kappa shape index (κ3) is 2.69. The number of nitrogens with zero attached hydrogens (tertiary/aromatic N) is 2. The first-order valence-corrected chi connectivity index (χ1v) is 6.95. The van der Waals surface area contributed by atoms with E-state index in [1.807, 2.05) is 12.3 Å². The lowest BCUT2D eigenvalue weighted by Crippen LogP contribution is -2.41. The minimum absolute atomic E-state index is 0.128. The number of likely N-dealkylation sites (tertiary alicyclic amines) is 1. The van der Waals surface area contributed by atoms with E-state index in [0.717, 1.165) is 23.5 Å². The van der Waals surface area contributed by atoms with Crippen molar-refractivity contribution in [2.45, 2.75) is 38.6 Å².